The number of methoxy groups -OCH3 is 3. The molecule has 1 fully saturated rings. The van der Waals surface area contributed by atoms with Crippen LogP contribution in [0.15, 0.2) is 54.6 Å². The first-order valence-electron chi connectivity index (χ1n) is 11.0. The monoisotopic (exact) mass is 477 g/mol. The summed E-state index contributed by atoms with van der Waals surface area (Å²) in [6, 6.07) is 16.0. The summed E-state index contributed by atoms with van der Waals surface area (Å²) in [5.41, 5.74) is 0.0921. The number of fused-ring (bicyclic) bond motifs is 1. The number of urea groups is 1. The molecule has 9 heteroatoms. The van der Waals surface area contributed by atoms with Crippen molar-refractivity contribution in [2.75, 3.05) is 27.9 Å². The number of carbonyl (C=O) groups is 3. The Morgan fingerprint density at radius 2 is 1.63 bits per heavy atom. The lowest BCUT2D eigenvalue weighted by Crippen LogP contribution is -2.43. The molecule has 1 heterocycles. The Morgan fingerprint density at radius 1 is 0.971 bits per heavy atom. The molecule has 0 bridgehead atoms. The Labute approximate surface area is 202 Å². The van der Waals surface area contributed by atoms with Gasteiger partial charge in [-0.25, -0.2) is 4.79 Å². The molecule has 1 aliphatic heterocycles. The van der Waals surface area contributed by atoms with Crippen molar-refractivity contribution in [2.45, 2.75) is 19.0 Å². The van der Waals surface area contributed by atoms with E-state index in [1.165, 1.54) is 21.3 Å². The zero-order valence-corrected chi connectivity index (χ0v) is 20.0. The van der Waals surface area contributed by atoms with Gasteiger partial charge in [-0.1, -0.05) is 42.5 Å². The van der Waals surface area contributed by atoms with Crippen LogP contribution in [-0.2, 0) is 21.7 Å². The third-order valence-electron chi connectivity index (χ3n) is 6.12. The number of nitrogens with zero attached hydrogens (tertiary/aromatic N) is 1. The van der Waals surface area contributed by atoms with Crippen molar-refractivity contribution in [1.82, 2.24) is 15.5 Å². The van der Waals surface area contributed by atoms with Crippen LogP contribution in [0.1, 0.15) is 18.1 Å². The predicted molar refractivity (Wildman–Crippen MR) is 129 cm³/mol. The molecular weight excluding hydrogens is 450 g/mol. The van der Waals surface area contributed by atoms with Gasteiger partial charge in [0, 0.05) is 6.54 Å². The average molecular weight is 478 g/mol. The zero-order chi connectivity index (χ0) is 25.2. The van der Waals surface area contributed by atoms with Crippen LogP contribution in [0.4, 0.5) is 4.79 Å². The molecule has 3 aromatic rings. The Bertz CT molecular complexity index is 1280. The largest absolute Gasteiger partial charge is 0.493 e. The van der Waals surface area contributed by atoms with Crippen molar-refractivity contribution < 1.29 is 28.6 Å². The molecule has 1 unspecified atom stereocenters. The summed E-state index contributed by atoms with van der Waals surface area (Å²) in [6.45, 7) is 1.39. The average Bonchev–Trinajstić information content (AvgIpc) is 3.09. The lowest BCUT2D eigenvalue weighted by atomic mass is 9.88. The number of nitrogens with one attached hydrogen (secondary N) is 2. The molecule has 182 valence electrons. The van der Waals surface area contributed by atoms with E-state index in [1.807, 2.05) is 42.5 Å². The van der Waals surface area contributed by atoms with Gasteiger partial charge in [0.15, 0.2) is 11.5 Å². The first-order valence-corrected chi connectivity index (χ1v) is 11.0. The highest BCUT2D eigenvalue weighted by molar-refractivity contribution is 6.10. The van der Waals surface area contributed by atoms with E-state index in [9.17, 15) is 14.4 Å². The van der Waals surface area contributed by atoms with Crippen molar-refractivity contribution in [3.05, 3.63) is 65.7 Å². The smallest absolute Gasteiger partial charge is 0.325 e. The third kappa shape index (κ3) is 4.32. The summed E-state index contributed by atoms with van der Waals surface area (Å²) < 4.78 is 16.0. The maximum absolute atomic E-state index is 13.3. The van der Waals surface area contributed by atoms with Crippen LogP contribution >= 0.6 is 0 Å². The number of carbonyl (C=O) groups excluding carboxylic acids is 3. The normalized spacial score (nSPS) is 17.3. The summed E-state index contributed by atoms with van der Waals surface area (Å²) in [6.07, 6.45) is 0. The lowest BCUT2D eigenvalue weighted by molar-refractivity contribution is -0.134. The third-order valence-corrected chi connectivity index (χ3v) is 6.12. The number of hydrogen-bond donors (Lipinski definition) is 2. The number of hydrogen-bond acceptors (Lipinski definition) is 6. The SMILES string of the molecule is COc1cc(CNC(=O)CN2C(=O)NC(C)(c3cccc4ccccc34)C2=O)cc(OC)c1OC. The quantitative estimate of drug-likeness (QED) is 0.483. The van der Waals surface area contributed by atoms with Crippen LogP contribution in [0.5, 0.6) is 17.2 Å². The van der Waals surface area contributed by atoms with Gasteiger partial charge in [0.1, 0.15) is 12.1 Å². The van der Waals surface area contributed by atoms with E-state index in [1.54, 1.807) is 19.1 Å². The molecule has 4 rings (SSSR count). The van der Waals surface area contributed by atoms with E-state index in [0.717, 1.165) is 15.7 Å². The van der Waals surface area contributed by atoms with Gasteiger partial charge < -0.3 is 24.8 Å². The van der Waals surface area contributed by atoms with E-state index >= 15 is 0 Å². The summed E-state index contributed by atoms with van der Waals surface area (Å²) in [7, 11) is 4.51. The van der Waals surface area contributed by atoms with Gasteiger partial charge in [-0.05, 0) is 41.0 Å². The molecule has 1 atom stereocenters. The molecule has 0 aromatic heterocycles. The van der Waals surface area contributed by atoms with Crippen LogP contribution in [0.3, 0.4) is 0 Å². The molecule has 3 aromatic carbocycles. The zero-order valence-electron chi connectivity index (χ0n) is 20.0. The van der Waals surface area contributed by atoms with Crippen molar-refractivity contribution in [3.8, 4) is 17.2 Å². The summed E-state index contributed by atoms with van der Waals surface area (Å²) in [5.74, 6) is 0.385. The van der Waals surface area contributed by atoms with Crippen LogP contribution in [0.2, 0.25) is 0 Å². The Morgan fingerprint density at radius 3 is 2.29 bits per heavy atom. The summed E-state index contributed by atoms with van der Waals surface area (Å²) >= 11 is 0. The molecule has 0 aliphatic carbocycles. The maximum atomic E-state index is 13.3. The molecule has 0 saturated carbocycles. The number of ether oxygens (including phenoxy) is 3. The molecule has 9 nitrogen and oxygen atoms in total. The fourth-order valence-corrected chi connectivity index (χ4v) is 4.32. The molecule has 2 N–H and O–H groups in total. The van der Waals surface area contributed by atoms with E-state index in [2.05, 4.69) is 10.6 Å². The van der Waals surface area contributed by atoms with Crippen LogP contribution in [0, 0.1) is 0 Å². The van der Waals surface area contributed by atoms with E-state index in [-0.39, 0.29) is 6.54 Å². The van der Waals surface area contributed by atoms with Gasteiger partial charge in [-0.2, -0.15) is 0 Å². The van der Waals surface area contributed by atoms with Crippen molar-refractivity contribution in [2.24, 2.45) is 0 Å². The van der Waals surface area contributed by atoms with Crippen LogP contribution < -0.4 is 24.8 Å². The molecule has 0 radical (unpaired) electrons. The minimum absolute atomic E-state index is 0.139. The van der Waals surface area contributed by atoms with Crippen molar-refractivity contribution in [1.29, 1.82) is 0 Å². The van der Waals surface area contributed by atoms with E-state index in [0.29, 0.717) is 28.4 Å². The fraction of sp³-hybridized carbons (Fsp3) is 0.269. The van der Waals surface area contributed by atoms with Gasteiger partial charge in [-0.15, -0.1) is 0 Å². The highest BCUT2D eigenvalue weighted by atomic mass is 16.5. The number of imide groups is 1. The Hall–Kier alpha value is -4.27. The standard InChI is InChI=1S/C26H27N3O6/c1-26(19-11-7-9-17-8-5-6-10-18(17)19)24(31)29(25(32)28-26)15-22(30)27-14-16-12-20(33-2)23(35-4)21(13-16)34-3/h5-13H,14-15H2,1-4H3,(H,27,30)(H,28,32). The second kappa shape index (κ2) is 9.54. The molecule has 1 saturated heterocycles. The van der Waals surface area contributed by atoms with E-state index < -0.39 is 29.9 Å². The molecule has 1 aliphatic rings. The fourth-order valence-electron chi connectivity index (χ4n) is 4.32. The molecule has 4 amide bonds. The first kappa shape index (κ1) is 23.9. The highest BCUT2D eigenvalue weighted by Crippen LogP contribution is 2.38. The predicted octanol–water partition coefficient (Wildman–Crippen LogP) is 2.95. The minimum atomic E-state index is -1.28. The Kier molecular flexibility index (Phi) is 6.50. The maximum Gasteiger partial charge on any atom is 0.325 e. The first-order chi connectivity index (χ1) is 16.8. The highest BCUT2D eigenvalue weighted by Gasteiger charge is 2.50. The molecule has 35 heavy (non-hydrogen) atoms. The van der Waals surface area contributed by atoms with Gasteiger partial charge in [0.2, 0.25) is 11.7 Å². The second-order valence-electron chi connectivity index (χ2n) is 8.28. The van der Waals surface area contributed by atoms with E-state index in [4.69, 9.17) is 14.2 Å². The number of amides is 4. The Balaban J connectivity index is 1.49. The van der Waals surface area contributed by atoms with Crippen molar-refractivity contribution in [3.63, 3.8) is 0 Å². The van der Waals surface area contributed by atoms with Crippen LogP contribution in [0.25, 0.3) is 10.8 Å². The molecule has 0 spiro atoms. The minimum Gasteiger partial charge on any atom is -0.493 e. The lowest BCUT2D eigenvalue weighted by Gasteiger charge is -2.24. The van der Waals surface area contributed by atoms with Crippen molar-refractivity contribution >= 4 is 28.6 Å². The molecular formula is C26H27N3O6. The summed E-state index contributed by atoms with van der Waals surface area (Å²) in [5, 5.41) is 7.32. The second-order valence-corrected chi connectivity index (χ2v) is 8.28. The van der Waals surface area contributed by atoms with Crippen LogP contribution in [-0.4, -0.2) is 50.6 Å². The van der Waals surface area contributed by atoms with Gasteiger partial charge in [-0.3, -0.25) is 14.5 Å². The topological polar surface area (TPSA) is 106 Å². The van der Waals surface area contributed by atoms with Gasteiger partial charge in [0.25, 0.3) is 5.91 Å². The van der Waals surface area contributed by atoms with Gasteiger partial charge >= 0.3 is 6.03 Å². The summed E-state index contributed by atoms with van der Waals surface area (Å²) in [4.78, 5) is 39.7. The number of benzene rings is 3. The van der Waals surface area contributed by atoms with Gasteiger partial charge in [0.05, 0.1) is 21.3 Å². The number of rotatable bonds is 8.